The normalized spacial score (nSPS) is 24.5. The van der Waals surface area contributed by atoms with Crippen molar-refractivity contribution < 1.29 is 9.18 Å². The van der Waals surface area contributed by atoms with Gasteiger partial charge in [0.25, 0.3) is 0 Å². The smallest absolute Gasteiger partial charge is 0.318 e. The highest BCUT2D eigenvalue weighted by molar-refractivity contribution is 6.11. The molecule has 43 heavy (non-hydrogen) atoms. The standard InChI is InChI=1S/C33H37FN8O/c1-33-20-24(21-35)30(39-28-9-7-27(34)8-10-28)19-26(33)6-5-25(33)18-29(23-4-2-11-36-22-23)40-32(43)42-16-14-41(15-17-42)31-37-12-3-13-38-31/h2-4,7-13,19,21-22,25,29H,5-6,14-18,20,35H2,1H3,(H,40,43)/t25-,29?,33-/m1/s1. The number of urea groups is 1. The van der Waals surface area contributed by atoms with Crippen LogP contribution in [0.3, 0.4) is 0 Å². The van der Waals surface area contributed by atoms with Crippen molar-refractivity contribution in [2.45, 2.75) is 38.6 Å². The first-order valence-corrected chi connectivity index (χ1v) is 14.9. The van der Waals surface area contributed by atoms with E-state index in [2.05, 4.69) is 38.2 Å². The summed E-state index contributed by atoms with van der Waals surface area (Å²) in [6.45, 7) is 4.86. The maximum Gasteiger partial charge on any atom is 0.318 e. The second-order valence-electron chi connectivity index (χ2n) is 11.7. The number of carbonyl (C=O) groups is 1. The Bertz CT molecular complexity index is 1520. The van der Waals surface area contributed by atoms with Crippen LogP contribution in [0, 0.1) is 17.2 Å². The van der Waals surface area contributed by atoms with Crippen LogP contribution in [0.4, 0.5) is 20.8 Å². The fourth-order valence-corrected chi connectivity index (χ4v) is 6.67. The number of allylic oxidation sites excluding steroid dienone is 3. The Balaban J connectivity index is 1.18. The predicted octanol–water partition coefficient (Wildman–Crippen LogP) is 5.34. The summed E-state index contributed by atoms with van der Waals surface area (Å²) in [7, 11) is 0. The molecule has 1 aromatic carbocycles. The van der Waals surface area contributed by atoms with Crippen molar-refractivity contribution in [3.8, 4) is 0 Å². The Hall–Kier alpha value is -4.60. The number of hydrogen-bond donors (Lipinski definition) is 2. The zero-order valence-corrected chi connectivity index (χ0v) is 24.4. The lowest BCUT2D eigenvalue weighted by Crippen LogP contribution is -2.52. The van der Waals surface area contributed by atoms with E-state index in [1.165, 1.54) is 17.7 Å². The van der Waals surface area contributed by atoms with Gasteiger partial charge in [-0.15, -0.1) is 0 Å². The van der Waals surface area contributed by atoms with Gasteiger partial charge < -0.3 is 20.9 Å². The van der Waals surface area contributed by atoms with Gasteiger partial charge in [-0.25, -0.2) is 24.1 Å². The molecule has 1 saturated carbocycles. The number of aliphatic imine (C=N–C) groups is 1. The summed E-state index contributed by atoms with van der Waals surface area (Å²) in [5.74, 6) is 0.725. The van der Waals surface area contributed by atoms with E-state index in [9.17, 15) is 9.18 Å². The van der Waals surface area contributed by atoms with Crippen LogP contribution in [0.25, 0.3) is 0 Å². The van der Waals surface area contributed by atoms with Crippen molar-refractivity contribution in [3.63, 3.8) is 0 Å². The van der Waals surface area contributed by atoms with Crippen molar-refractivity contribution in [2.24, 2.45) is 22.1 Å². The minimum Gasteiger partial charge on any atom is -0.404 e. The van der Waals surface area contributed by atoms with Gasteiger partial charge in [-0.3, -0.25) is 4.98 Å². The second-order valence-corrected chi connectivity index (χ2v) is 11.7. The van der Waals surface area contributed by atoms with Gasteiger partial charge in [0.15, 0.2) is 0 Å². The molecule has 9 nitrogen and oxygen atoms in total. The molecule has 0 bridgehead atoms. The maximum atomic E-state index is 13.6. The largest absolute Gasteiger partial charge is 0.404 e. The van der Waals surface area contributed by atoms with Crippen molar-refractivity contribution in [1.82, 2.24) is 25.2 Å². The lowest BCUT2D eigenvalue weighted by atomic mass is 9.67. The van der Waals surface area contributed by atoms with E-state index in [1.54, 1.807) is 43.0 Å². The molecule has 3 atom stereocenters. The number of amides is 2. The summed E-state index contributed by atoms with van der Waals surface area (Å²) < 4.78 is 13.4. The summed E-state index contributed by atoms with van der Waals surface area (Å²) >= 11 is 0. The van der Waals surface area contributed by atoms with Crippen molar-refractivity contribution in [3.05, 3.63) is 102 Å². The molecule has 10 heteroatoms. The van der Waals surface area contributed by atoms with Crippen LogP contribution < -0.4 is 16.0 Å². The van der Waals surface area contributed by atoms with Crippen LogP contribution in [-0.2, 0) is 0 Å². The molecule has 2 amide bonds. The molecule has 1 saturated heterocycles. The quantitative estimate of drug-likeness (QED) is 0.407. The van der Waals surface area contributed by atoms with E-state index in [-0.39, 0.29) is 23.3 Å². The van der Waals surface area contributed by atoms with Gasteiger partial charge in [0.05, 0.1) is 17.4 Å². The molecule has 3 aliphatic rings. The zero-order chi connectivity index (χ0) is 29.8. The molecule has 6 rings (SSSR count). The van der Waals surface area contributed by atoms with Gasteiger partial charge in [0, 0.05) is 51.0 Å². The number of halogens is 1. The third kappa shape index (κ3) is 6.14. The molecule has 2 aromatic heterocycles. The first-order valence-electron chi connectivity index (χ1n) is 14.9. The summed E-state index contributed by atoms with van der Waals surface area (Å²) in [6, 6.07) is 11.7. The number of aromatic nitrogens is 3. The number of benzene rings is 1. The van der Waals surface area contributed by atoms with Gasteiger partial charge in [-0.2, -0.15) is 0 Å². The molecule has 0 radical (unpaired) electrons. The fraction of sp³-hybridized carbons (Fsp3) is 0.364. The lowest BCUT2D eigenvalue weighted by Gasteiger charge is -2.39. The molecule has 3 N–H and O–H groups in total. The van der Waals surface area contributed by atoms with Gasteiger partial charge in [0.2, 0.25) is 5.95 Å². The van der Waals surface area contributed by atoms with Crippen LogP contribution in [0.5, 0.6) is 0 Å². The molecule has 3 heterocycles. The van der Waals surface area contributed by atoms with Crippen LogP contribution in [-0.4, -0.2) is 57.8 Å². The van der Waals surface area contributed by atoms with Crippen molar-refractivity contribution >= 4 is 23.4 Å². The van der Waals surface area contributed by atoms with Crippen LogP contribution in [0.2, 0.25) is 0 Å². The molecule has 2 fully saturated rings. The first-order chi connectivity index (χ1) is 20.9. The molecular weight excluding hydrogens is 543 g/mol. The Morgan fingerprint density at radius 1 is 1.14 bits per heavy atom. The van der Waals surface area contributed by atoms with Gasteiger partial charge in [0.1, 0.15) is 5.82 Å². The highest BCUT2D eigenvalue weighted by Gasteiger charge is 2.46. The number of nitrogens with one attached hydrogen (secondary N) is 1. The molecule has 1 aliphatic heterocycles. The monoisotopic (exact) mass is 580 g/mol. The van der Waals surface area contributed by atoms with Gasteiger partial charge >= 0.3 is 6.03 Å². The fourth-order valence-electron chi connectivity index (χ4n) is 6.67. The number of nitrogens with two attached hydrogens (primary N) is 1. The van der Waals surface area contributed by atoms with Crippen molar-refractivity contribution in [2.75, 3.05) is 31.1 Å². The number of hydrogen-bond acceptors (Lipinski definition) is 7. The third-order valence-electron chi connectivity index (χ3n) is 9.18. The van der Waals surface area contributed by atoms with E-state index >= 15 is 0 Å². The third-order valence-corrected chi connectivity index (χ3v) is 9.18. The highest BCUT2D eigenvalue weighted by Crippen LogP contribution is 2.56. The van der Waals surface area contributed by atoms with Gasteiger partial charge in [-0.1, -0.05) is 18.6 Å². The zero-order valence-electron chi connectivity index (χ0n) is 24.4. The summed E-state index contributed by atoms with van der Waals surface area (Å²) in [5, 5.41) is 3.35. The maximum absolute atomic E-state index is 13.6. The number of carbonyl (C=O) groups excluding carboxylic acids is 1. The Morgan fingerprint density at radius 2 is 1.91 bits per heavy atom. The summed E-state index contributed by atoms with van der Waals surface area (Å²) in [5.41, 5.74) is 10.9. The lowest BCUT2D eigenvalue weighted by molar-refractivity contribution is 0.181. The van der Waals surface area contributed by atoms with E-state index in [0.29, 0.717) is 43.7 Å². The highest BCUT2D eigenvalue weighted by atomic mass is 19.1. The number of pyridine rings is 1. The molecule has 2 aliphatic carbocycles. The minimum atomic E-state index is -0.286. The average Bonchev–Trinajstić information content (AvgIpc) is 3.36. The number of nitrogens with zero attached hydrogens (tertiary/aromatic N) is 6. The second kappa shape index (κ2) is 12.3. The molecule has 0 spiro atoms. The average molecular weight is 581 g/mol. The minimum absolute atomic E-state index is 0.0682. The number of rotatable bonds is 6. The number of piperazine rings is 1. The van der Waals surface area contributed by atoms with Gasteiger partial charge in [-0.05, 0) is 96.8 Å². The number of fused-ring (bicyclic) bond motifs is 1. The topological polar surface area (TPSA) is 113 Å². The van der Waals surface area contributed by atoms with Crippen LogP contribution in [0.15, 0.2) is 95.7 Å². The van der Waals surface area contributed by atoms with E-state index in [0.717, 1.165) is 42.5 Å². The van der Waals surface area contributed by atoms with Crippen LogP contribution in [0.1, 0.15) is 44.2 Å². The SMILES string of the molecule is C[C@]12CC(=CN)C(=Nc3ccc(F)cc3)C=C1CC[C@@H]2CC(NC(=O)N1CCN(c2ncccn2)CC1)c1cccnc1. The predicted molar refractivity (Wildman–Crippen MR) is 165 cm³/mol. The molecular formula is C33H37FN8O. The first kappa shape index (κ1) is 28.5. The Labute approximate surface area is 251 Å². The Kier molecular flexibility index (Phi) is 8.18. The molecule has 222 valence electrons. The summed E-state index contributed by atoms with van der Waals surface area (Å²) in [6.07, 6.45) is 14.4. The number of anilines is 1. The van der Waals surface area contributed by atoms with E-state index < -0.39 is 0 Å². The summed E-state index contributed by atoms with van der Waals surface area (Å²) in [4.78, 5) is 35.4. The van der Waals surface area contributed by atoms with E-state index in [1.807, 2.05) is 23.2 Å². The van der Waals surface area contributed by atoms with E-state index in [4.69, 9.17) is 10.7 Å². The molecule has 1 unspecified atom stereocenters. The Morgan fingerprint density at radius 3 is 2.60 bits per heavy atom. The van der Waals surface area contributed by atoms with Crippen molar-refractivity contribution in [1.29, 1.82) is 0 Å². The van der Waals surface area contributed by atoms with Crippen LogP contribution >= 0.6 is 0 Å². The molecule has 3 aromatic rings.